The van der Waals surface area contributed by atoms with Gasteiger partial charge in [-0.15, -0.1) is 0 Å². The number of hydrogen-bond donors (Lipinski definition) is 1. The standard InChI is InChI=1S/C29H28ClNO7/c1-5-38-20-11-12-22(30)21(15-20)27(32)25-26(18-7-9-19(35-2)10-8-18)31(29(34)28(25)33)16-17-6-13-23(36-3)24(14-17)37-4/h6-15,26,32H,5,16H2,1-4H3/b27-25+. The minimum atomic E-state index is -0.888. The monoisotopic (exact) mass is 537 g/mol. The molecule has 9 heteroatoms. The van der Waals surface area contributed by atoms with Gasteiger partial charge in [0.25, 0.3) is 11.7 Å². The Labute approximate surface area is 225 Å². The quantitative estimate of drug-likeness (QED) is 0.222. The molecule has 0 aliphatic carbocycles. The van der Waals surface area contributed by atoms with E-state index in [2.05, 4.69) is 0 Å². The summed E-state index contributed by atoms with van der Waals surface area (Å²) in [5.74, 6) is 0.152. The molecule has 1 heterocycles. The maximum atomic E-state index is 13.4. The Balaban J connectivity index is 1.86. The number of ether oxygens (including phenoxy) is 4. The number of methoxy groups -OCH3 is 3. The zero-order valence-electron chi connectivity index (χ0n) is 21.5. The second kappa shape index (κ2) is 11.5. The molecular formula is C29H28ClNO7. The molecule has 0 spiro atoms. The van der Waals surface area contributed by atoms with E-state index in [1.807, 2.05) is 6.92 Å². The number of nitrogens with zero attached hydrogens (tertiary/aromatic N) is 1. The van der Waals surface area contributed by atoms with E-state index in [0.717, 1.165) is 0 Å². The van der Waals surface area contributed by atoms with Gasteiger partial charge in [-0.25, -0.2) is 0 Å². The zero-order valence-corrected chi connectivity index (χ0v) is 22.2. The molecule has 1 amide bonds. The van der Waals surface area contributed by atoms with Gasteiger partial charge in [0, 0.05) is 12.1 Å². The van der Waals surface area contributed by atoms with Crippen LogP contribution < -0.4 is 18.9 Å². The molecule has 3 aromatic carbocycles. The molecule has 4 rings (SSSR count). The molecule has 198 valence electrons. The van der Waals surface area contributed by atoms with Crippen LogP contribution in [0.25, 0.3) is 5.76 Å². The lowest BCUT2D eigenvalue weighted by Crippen LogP contribution is -2.29. The van der Waals surface area contributed by atoms with Crippen molar-refractivity contribution in [3.63, 3.8) is 0 Å². The molecule has 1 fully saturated rings. The smallest absolute Gasteiger partial charge is 0.295 e. The number of carbonyl (C=O) groups is 2. The molecule has 1 aliphatic rings. The van der Waals surface area contributed by atoms with E-state index >= 15 is 0 Å². The van der Waals surface area contributed by atoms with Crippen molar-refractivity contribution in [3.8, 4) is 23.0 Å². The van der Waals surface area contributed by atoms with E-state index in [1.54, 1.807) is 67.8 Å². The molecule has 1 unspecified atom stereocenters. The minimum Gasteiger partial charge on any atom is -0.507 e. The number of carbonyl (C=O) groups excluding carboxylic acids is 2. The first-order chi connectivity index (χ1) is 18.3. The maximum absolute atomic E-state index is 13.4. The van der Waals surface area contributed by atoms with Crippen molar-refractivity contribution in [2.24, 2.45) is 0 Å². The van der Waals surface area contributed by atoms with Crippen molar-refractivity contribution in [2.75, 3.05) is 27.9 Å². The number of amides is 1. The summed E-state index contributed by atoms with van der Waals surface area (Å²) in [5.41, 5.74) is 1.44. The second-order valence-electron chi connectivity index (χ2n) is 8.46. The van der Waals surface area contributed by atoms with Crippen molar-refractivity contribution in [1.82, 2.24) is 4.90 Å². The van der Waals surface area contributed by atoms with Crippen LogP contribution in [0.4, 0.5) is 0 Å². The van der Waals surface area contributed by atoms with Crippen molar-refractivity contribution < 1.29 is 33.6 Å². The lowest BCUT2D eigenvalue weighted by Gasteiger charge is -2.26. The highest BCUT2D eigenvalue weighted by atomic mass is 35.5. The maximum Gasteiger partial charge on any atom is 0.295 e. The molecule has 1 atom stereocenters. The van der Waals surface area contributed by atoms with Crippen LogP contribution in [0.1, 0.15) is 29.7 Å². The zero-order chi connectivity index (χ0) is 27.4. The van der Waals surface area contributed by atoms with Gasteiger partial charge in [0.15, 0.2) is 11.5 Å². The molecule has 1 aliphatic heterocycles. The summed E-state index contributed by atoms with van der Waals surface area (Å²) >= 11 is 6.41. The van der Waals surface area contributed by atoms with Crippen molar-refractivity contribution >= 4 is 29.1 Å². The number of aliphatic hydroxyl groups excluding tert-OH is 1. The highest BCUT2D eigenvalue weighted by Gasteiger charge is 2.46. The highest BCUT2D eigenvalue weighted by Crippen LogP contribution is 2.42. The van der Waals surface area contributed by atoms with Gasteiger partial charge in [0.1, 0.15) is 17.3 Å². The lowest BCUT2D eigenvalue weighted by atomic mass is 9.95. The number of likely N-dealkylation sites (tertiary alicyclic amines) is 1. The number of halogens is 1. The third-order valence-electron chi connectivity index (χ3n) is 6.28. The van der Waals surface area contributed by atoms with Crippen LogP contribution in [0.3, 0.4) is 0 Å². The summed E-state index contributed by atoms with van der Waals surface area (Å²) in [6.07, 6.45) is 0. The van der Waals surface area contributed by atoms with Gasteiger partial charge in [-0.1, -0.05) is 29.8 Å². The average Bonchev–Trinajstić information content (AvgIpc) is 3.18. The Morgan fingerprint density at radius 1 is 0.895 bits per heavy atom. The van der Waals surface area contributed by atoms with E-state index in [9.17, 15) is 14.7 Å². The first kappa shape index (κ1) is 26.9. The van der Waals surface area contributed by atoms with Crippen molar-refractivity contribution in [2.45, 2.75) is 19.5 Å². The molecule has 1 N–H and O–H groups in total. The van der Waals surface area contributed by atoms with Gasteiger partial charge in [0.2, 0.25) is 0 Å². The fourth-order valence-corrected chi connectivity index (χ4v) is 4.65. The normalized spacial score (nSPS) is 16.4. The molecule has 0 aromatic heterocycles. The summed E-state index contributed by atoms with van der Waals surface area (Å²) in [6.45, 7) is 2.31. The predicted octanol–water partition coefficient (Wildman–Crippen LogP) is 5.39. The Kier molecular flexibility index (Phi) is 8.12. The average molecular weight is 538 g/mol. The Morgan fingerprint density at radius 2 is 1.58 bits per heavy atom. The summed E-state index contributed by atoms with van der Waals surface area (Å²) in [6, 6.07) is 16.1. The van der Waals surface area contributed by atoms with E-state index in [0.29, 0.717) is 40.7 Å². The van der Waals surface area contributed by atoms with E-state index in [-0.39, 0.29) is 28.5 Å². The van der Waals surface area contributed by atoms with Crippen LogP contribution in [-0.2, 0) is 16.1 Å². The Hall–Kier alpha value is -4.17. The molecular weight excluding hydrogens is 510 g/mol. The van der Waals surface area contributed by atoms with Gasteiger partial charge in [-0.05, 0) is 60.5 Å². The van der Waals surface area contributed by atoms with Gasteiger partial charge in [-0.3, -0.25) is 9.59 Å². The first-order valence-electron chi connectivity index (χ1n) is 11.9. The van der Waals surface area contributed by atoms with Gasteiger partial charge in [0.05, 0.1) is 44.6 Å². The Morgan fingerprint density at radius 3 is 2.21 bits per heavy atom. The summed E-state index contributed by atoms with van der Waals surface area (Å²) in [7, 11) is 4.60. The minimum absolute atomic E-state index is 0.0730. The molecule has 8 nitrogen and oxygen atoms in total. The number of aliphatic hydroxyl groups is 1. The lowest BCUT2D eigenvalue weighted by molar-refractivity contribution is -0.140. The number of ketones is 1. The Bertz CT molecular complexity index is 1380. The van der Waals surface area contributed by atoms with Crippen LogP contribution >= 0.6 is 11.6 Å². The van der Waals surface area contributed by atoms with Gasteiger partial charge >= 0.3 is 0 Å². The fourth-order valence-electron chi connectivity index (χ4n) is 4.44. The van der Waals surface area contributed by atoms with Crippen LogP contribution in [-0.4, -0.2) is 49.6 Å². The van der Waals surface area contributed by atoms with E-state index < -0.39 is 17.7 Å². The first-order valence-corrected chi connectivity index (χ1v) is 12.3. The summed E-state index contributed by atoms with van der Waals surface area (Å²) in [4.78, 5) is 28.2. The molecule has 1 saturated heterocycles. The summed E-state index contributed by atoms with van der Waals surface area (Å²) < 4.78 is 21.5. The third-order valence-corrected chi connectivity index (χ3v) is 6.61. The molecule has 3 aromatic rings. The second-order valence-corrected chi connectivity index (χ2v) is 8.87. The molecule has 0 bridgehead atoms. The number of hydrogen-bond acceptors (Lipinski definition) is 7. The van der Waals surface area contributed by atoms with Crippen LogP contribution in [0, 0.1) is 0 Å². The van der Waals surface area contributed by atoms with Crippen LogP contribution in [0.5, 0.6) is 23.0 Å². The number of rotatable bonds is 9. The largest absolute Gasteiger partial charge is 0.507 e. The fraction of sp³-hybridized carbons (Fsp3) is 0.241. The van der Waals surface area contributed by atoms with Gasteiger partial charge in [-0.2, -0.15) is 0 Å². The van der Waals surface area contributed by atoms with E-state index in [1.165, 1.54) is 19.1 Å². The highest BCUT2D eigenvalue weighted by molar-refractivity contribution is 6.47. The van der Waals surface area contributed by atoms with Crippen LogP contribution in [0.15, 0.2) is 66.2 Å². The summed E-state index contributed by atoms with van der Waals surface area (Å²) in [5, 5.41) is 11.6. The number of Topliss-reactive ketones (excluding diaryl/α,β-unsaturated/α-hetero) is 1. The van der Waals surface area contributed by atoms with E-state index in [4.69, 9.17) is 30.5 Å². The third kappa shape index (κ3) is 5.13. The SMILES string of the molecule is CCOc1ccc(Cl)c(/C(O)=C2\C(=O)C(=O)N(Cc3ccc(OC)c(OC)c3)C2c2ccc(OC)cc2)c1. The van der Waals surface area contributed by atoms with Crippen molar-refractivity contribution in [1.29, 1.82) is 0 Å². The van der Waals surface area contributed by atoms with Crippen molar-refractivity contribution in [3.05, 3.63) is 87.9 Å². The van der Waals surface area contributed by atoms with Gasteiger partial charge < -0.3 is 29.0 Å². The topological polar surface area (TPSA) is 94.5 Å². The molecule has 0 radical (unpaired) electrons. The number of benzene rings is 3. The predicted molar refractivity (Wildman–Crippen MR) is 143 cm³/mol. The molecule has 38 heavy (non-hydrogen) atoms. The van der Waals surface area contributed by atoms with Crippen LogP contribution in [0.2, 0.25) is 5.02 Å². The molecule has 0 saturated carbocycles.